The van der Waals surface area contributed by atoms with Crippen molar-refractivity contribution in [3.05, 3.63) is 100 Å². The standard InChI is InChI=1S/C40H50O7/c1-44-39(42)24-14-28-47-38(40(43)45-2)29-32-20-10-9-19-31(32)18-8-3-4-11-27-46-37-26-25-34-33(21-13-23-36(34)41)35(37)22-12-17-30-15-6-5-7-16-30/h5-7,9-10,15-16,19-20,25-26,38H,3-4,8,11-14,17-18,21-24,27-29H2,1-2H3. The van der Waals surface area contributed by atoms with Gasteiger partial charge in [-0.25, -0.2) is 4.79 Å². The van der Waals surface area contributed by atoms with Crippen molar-refractivity contribution >= 4 is 17.7 Å². The minimum atomic E-state index is -0.721. The summed E-state index contributed by atoms with van der Waals surface area (Å²) in [5, 5.41) is 0. The maximum Gasteiger partial charge on any atom is 0.335 e. The van der Waals surface area contributed by atoms with Gasteiger partial charge in [0.2, 0.25) is 0 Å². The molecule has 7 nitrogen and oxygen atoms in total. The van der Waals surface area contributed by atoms with Gasteiger partial charge in [0.1, 0.15) is 5.75 Å². The van der Waals surface area contributed by atoms with Crippen LogP contribution in [0.4, 0.5) is 0 Å². The van der Waals surface area contributed by atoms with E-state index in [4.69, 9.17) is 14.2 Å². The summed E-state index contributed by atoms with van der Waals surface area (Å²) in [5.41, 5.74) is 6.93. The number of carbonyl (C=O) groups excluding carboxylic acids is 3. The van der Waals surface area contributed by atoms with Gasteiger partial charge < -0.3 is 18.9 Å². The summed E-state index contributed by atoms with van der Waals surface area (Å²) in [4.78, 5) is 36.4. The molecule has 0 amide bonds. The zero-order chi connectivity index (χ0) is 33.3. The monoisotopic (exact) mass is 642 g/mol. The van der Waals surface area contributed by atoms with Crippen LogP contribution in [0.25, 0.3) is 0 Å². The van der Waals surface area contributed by atoms with Gasteiger partial charge in [-0.05, 0) is 97.7 Å². The SMILES string of the molecule is COC(=O)CCCOC(Cc1ccccc1CCCCCCOc1ccc2c(c1CCCc1ccccc1)CCCC2=O)C(=O)OC. The molecule has 0 heterocycles. The fourth-order valence-electron chi connectivity index (χ4n) is 6.34. The van der Waals surface area contributed by atoms with E-state index in [9.17, 15) is 14.4 Å². The molecular weight excluding hydrogens is 592 g/mol. The quantitative estimate of drug-likeness (QED) is 0.0926. The van der Waals surface area contributed by atoms with E-state index in [0.717, 1.165) is 81.1 Å². The van der Waals surface area contributed by atoms with E-state index in [1.165, 1.54) is 36.5 Å². The van der Waals surface area contributed by atoms with Gasteiger partial charge in [0.05, 0.1) is 20.8 Å². The number of unbranched alkanes of at least 4 members (excludes halogenated alkanes) is 3. The normalized spacial score (nSPS) is 13.1. The van der Waals surface area contributed by atoms with E-state index in [-0.39, 0.29) is 24.8 Å². The van der Waals surface area contributed by atoms with E-state index in [2.05, 4.69) is 35.1 Å². The van der Waals surface area contributed by atoms with Crippen molar-refractivity contribution in [2.75, 3.05) is 27.4 Å². The number of carbonyl (C=O) groups is 3. The molecule has 1 aliphatic rings. The Morgan fingerprint density at radius 2 is 1.49 bits per heavy atom. The molecule has 47 heavy (non-hydrogen) atoms. The first-order valence-electron chi connectivity index (χ1n) is 17.2. The first-order chi connectivity index (χ1) is 23.0. The first-order valence-corrected chi connectivity index (χ1v) is 17.2. The number of fused-ring (bicyclic) bond motifs is 1. The maximum atomic E-state index is 12.6. The summed E-state index contributed by atoms with van der Waals surface area (Å²) < 4.78 is 21.9. The summed E-state index contributed by atoms with van der Waals surface area (Å²) in [6, 6.07) is 22.7. The predicted octanol–water partition coefficient (Wildman–Crippen LogP) is 7.62. The van der Waals surface area contributed by atoms with Gasteiger partial charge in [0, 0.05) is 31.4 Å². The van der Waals surface area contributed by atoms with Gasteiger partial charge in [-0.2, -0.15) is 0 Å². The second-order valence-electron chi connectivity index (χ2n) is 12.2. The predicted molar refractivity (Wildman–Crippen MR) is 183 cm³/mol. The number of esters is 2. The highest BCUT2D eigenvalue weighted by atomic mass is 16.6. The molecule has 0 fully saturated rings. The van der Waals surface area contributed by atoms with Gasteiger partial charge in [-0.3, -0.25) is 9.59 Å². The number of Topliss-reactive ketones (excluding diaryl/α,β-unsaturated/α-hetero) is 1. The van der Waals surface area contributed by atoms with Crippen molar-refractivity contribution in [3.8, 4) is 5.75 Å². The van der Waals surface area contributed by atoms with Crippen LogP contribution in [0.3, 0.4) is 0 Å². The summed E-state index contributed by atoms with van der Waals surface area (Å²) in [6.45, 7) is 0.932. The molecule has 0 aliphatic heterocycles. The van der Waals surface area contributed by atoms with Gasteiger partial charge in [0.25, 0.3) is 0 Å². The second kappa shape index (κ2) is 19.6. The lowest BCUT2D eigenvalue weighted by Crippen LogP contribution is -2.29. The molecular formula is C40H50O7. The molecule has 1 atom stereocenters. The minimum Gasteiger partial charge on any atom is -0.493 e. The number of methoxy groups -OCH3 is 2. The third-order valence-electron chi connectivity index (χ3n) is 8.91. The van der Waals surface area contributed by atoms with E-state index in [1.807, 2.05) is 36.4 Å². The van der Waals surface area contributed by atoms with Crippen molar-refractivity contribution in [3.63, 3.8) is 0 Å². The third kappa shape index (κ3) is 11.4. The number of rotatable bonds is 20. The average molecular weight is 643 g/mol. The molecule has 0 saturated heterocycles. The molecule has 3 aromatic carbocycles. The Labute approximate surface area is 280 Å². The smallest absolute Gasteiger partial charge is 0.335 e. The fourth-order valence-corrected chi connectivity index (χ4v) is 6.34. The molecule has 4 rings (SSSR count). The number of aryl methyl sites for hydroxylation is 2. The van der Waals surface area contributed by atoms with Crippen LogP contribution in [-0.2, 0) is 55.9 Å². The topological polar surface area (TPSA) is 88.1 Å². The number of ether oxygens (including phenoxy) is 4. The van der Waals surface area contributed by atoms with Crippen molar-refractivity contribution < 1.29 is 33.3 Å². The molecule has 252 valence electrons. The average Bonchev–Trinajstić information content (AvgIpc) is 3.10. The Kier molecular flexibility index (Phi) is 15.0. The molecule has 1 unspecified atom stereocenters. The van der Waals surface area contributed by atoms with Gasteiger partial charge in [0.15, 0.2) is 11.9 Å². The molecule has 7 heteroatoms. The Morgan fingerprint density at radius 1 is 0.723 bits per heavy atom. The Bertz CT molecular complexity index is 1430. The highest BCUT2D eigenvalue weighted by molar-refractivity contribution is 5.99. The van der Waals surface area contributed by atoms with Crippen LogP contribution < -0.4 is 4.74 Å². The Hall–Kier alpha value is -3.97. The van der Waals surface area contributed by atoms with E-state index >= 15 is 0 Å². The lowest BCUT2D eigenvalue weighted by Gasteiger charge is -2.22. The van der Waals surface area contributed by atoms with Gasteiger partial charge in [-0.15, -0.1) is 0 Å². The summed E-state index contributed by atoms with van der Waals surface area (Å²) in [7, 11) is 2.72. The van der Waals surface area contributed by atoms with Crippen LogP contribution >= 0.6 is 0 Å². The largest absolute Gasteiger partial charge is 0.493 e. The lowest BCUT2D eigenvalue weighted by atomic mass is 9.85. The second-order valence-corrected chi connectivity index (χ2v) is 12.2. The number of hydrogen-bond donors (Lipinski definition) is 0. The van der Waals surface area contributed by atoms with Crippen LogP contribution in [0.1, 0.15) is 96.0 Å². The number of hydrogen-bond acceptors (Lipinski definition) is 7. The van der Waals surface area contributed by atoms with Crippen molar-refractivity contribution in [1.82, 2.24) is 0 Å². The van der Waals surface area contributed by atoms with Crippen LogP contribution in [-0.4, -0.2) is 51.3 Å². The third-order valence-corrected chi connectivity index (χ3v) is 8.91. The van der Waals surface area contributed by atoms with E-state index in [0.29, 0.717) is 25.9 Å². The molecule has 0 bridgehead atoms. The molecule has 1 aliphatic carbocycles. The van der Waals surface area contributed by atoms with Crippen LogP contribution in [0, 0.1) is 0 Å². The van der Waals surface area contributed by atoms with E-state index in [1.54, 1.807) is 0 Å². The molecule has 0 spiro atoms. The lowest BCUT2D eigenvalue weighted by molar-refractivity contribution is -0.154. The highest BCUT2D eigenvalue weighted by Gasteiger charge is 2.23. The minimum absolute atomic E-state index is 0.246. The first kappa shape index (κ1) is 35.9. The molecule has 0 radical (unpaired) electrons. The van der Waals surface area contributed by atoms with Gasteiger partial charge >= 0.3 is 11.9 Å². The molecule has 0 aromatic heterocycles. The van der Waals surface area contributed by atoms with Crippen molar-refractivity contribution in [1.29, 1.82) is 0 Å². The van der Waals surface area contributed by atoms with Crippen LogP contribution in [0.15, 0.2) is 66.7 Å². The summed E-state index contributed by atoms with van der Waals surface area (Å²) >= 11 is 0. The maximum absolute atomic E-state index is 12.6. The van der Waals surface area contributed by atoms with Crippen molar-refractivity contribution in [2.45, 2.75) is 96.0 Å². The number of benzene rings is 3. The van der Waals surface area contributed by atoms with Crippen LogP contribution in [0.2, 0.25) is 0 Å². The highest BCUT2D eigenvalue weighted by Crippen LogP contribution is 2.33. The molecule has 0 saturated carbocycles. The zero-order valence-electron chi connectivity index (χ0n) is 28.1. The van der Waals surface area contributed by atoms with Crippen LogP contribution in [0.5, 0.6) is 5.75 Å². The fraction of sp³-hybridized carbons (Fsp3) is 0.475. The Morgan fingerprint density at radius 3 is 2.28 bits per heavy atom. The molecule has 3 aromatic rings. The number of ketones is 1. The zero-order valence-corrected chi connectivity index (χ0v) is 28.1. The van der Waals surface area contributed by atoms with E-state index < -0.39 is 12.1 Å². The molecule has 0 N–H and O–H groups in total. The van der Waals surface area contributed by atoms with Gasteiger partial charge in [-0.1, -0.05) is 67.4 Å². The van der Waals surface area contributed by atoms with Crippen molar-refractivity contribution in [2.24, 2.45) is 0 Å². The Balaban J connectivity index is 1.24. The summed E-state index contributed by atoms with van der Waals surface area (Å²) in [6.07, 6.45) is 10.9. The summed E-state index contributed by atoms with van der Waals surface area (Å²) in [5.74, 6) is 0.485.